The van der Waals surface area contributed by atoms with Gasteiger partial charge in [0.15, 0.2) is 0 Å². The number of nitrogens with one attached hydrogen (secondary N) is 1. The van der Waals surface area contributed by atoms with E-state index in [0.717, 1.165) is 9.13 Å². The van der Waals surface area contributed by atoms with Crippen molar-refractivity contribution in [2.75, 3.05) is 4.72 Å². The van der Waals surface area contributed by atoms with Crippen LogP contribution in [0.2, 0.25) is 10.0 Å². The lowest BCUT2D eigenvalue weighted by molar-refractivity contribution is 0.601. The molecule has 0 aromatic heterocycles. The summed E-state index contributed by atoms with van der Waals surface area (Å²) < 4.78 is 28.2. The second kappa shape index (κ2) is 6.09. The topological polar surface area (TPSA) is 46.2 Å². The summed E-state index contributed by atoms with van der Waals surface area (Å²) in [7, 11) is -3.68. The highest BCUT2D eigenvalue weighted by atomic mass is 127. The van der Waals surface area contributed by atoms with Crippen LogP contribution in [0.4, 0.5) is 5.69 Å². The monoisotopic (exact) mass is 441 g/mol. The van der Waals surface area contributed by atoms with Crippen molar-refractivity contribution in [2.24, 2.45) is 0 Å². The minimum atomic E-state index is -3.68. The van der Waals surface area contributed by atoms with Gasteiger partial charge in [0.1, 0.15) is 0 Å². The Morgan fingerprint density at radius 3 is 2.35 bits per heavy atom. The lowest BCUT2D eigenvalue weighted by Crippen LogP contribution is -2.13. The molecular formula is C13H10Cl2INO2S. The number of sulfonamides is 1. The van der Waals surface area contributed by atoms with Crippen LogP contribution in [0.15, 0.2) is 41.3 Å². The molecule has 106 valence electrons. The second-order valence-electron chi connectivity index (χ2n) is 4.14. The van der Waals surface area contributed by atoms with Crippen molar-refractivity contribution in [3.8, 4) is 0 Å². The molecule has 0 atom stereocenters. The largest absolute Gasteiger partial charge is 0.279 e. The Balaban J connectivity index is 2.38. The molecule has 0 aliphatic rings. The second-order valence-corrected chi connectivity index (χ2v) is 7.88. The molecule has 0 bridgehead atoms. The van der Waals surface area contributed by atoms with Gasteiger partial charge in [0, 0.05) is 3.57 Å². The molecule has 0 heterocycles. The first kappa shape index (κ1) is 15.9. The third-order valence-corrected chi connectivity index (χ3v) is 5.41. The zero-order chi connectivity index (χ0) is 14.9. The molecule has 20 heavy (non-hydrogen) atoms. The van der Waals surface area contributed by atoms with Crippen molar-refractivity contribution in [2.45, 2.75) is 11.8 Å². The number of hydrogen-bond donors (Lipinski definition) is 1. The van der Waals surface area contributed by atoms with Gasteiger partial charge in [-0.25, -0.2) is 8.42 Å². The van der Waals surface area contributed by atoms with Crippen LogP contribution in [0.5, 0.6) is 0 Å². The van der Waals surface area contributed by atoms with Crippen LogP contribution in [0.3, 0.4) is 0 Å². The zero-order valence-corrected chi connectivity index (χ0v) is 14.8. The fourth-order valence-electron chi connectivity index (χ4n) is 1.59. The van der Waals surface area contributed by atoms with Gasteiger partial charge in [-0.05, 0) is 71.5 Å². The molecule has 0 saturated carbocycles. The number of rotatable bonds is 3. The van der Waals surface area contributed by atoms with Crippen molar-refractivity contribution < 1.29 is 8.42 Å². The van der Waals surface area contributed by atoms with Gasteiger partial charge in [-0.2, -0.15) is 0 Å². The van der Waals surface area contributed by atoms with Crippen LogP contribution in [0, 0.1) is 10.5 Å². The molecule has 2 rings (SSSR count). The normalized spacial score (nSPS) is 11.4. The number of halogens is 3. The fraction of sp³-hybridized carbons (Fsp3) is 0.0769. The van der Waals surface area contributed by atoms with Crippen molar-refractivity contribution in [1.82, 2.24) is 0 Å². The predicted molar refractivity (Wildman–Crippen MR) is 91.2 cm³/mol. The van der Waals surface area contributed by atoms with Crippen LogP contribution in [-0.4, -0.2) is 8.42 Å². The number of hydrogen-bond acceptors (Lipinski definition) is 2. The van der Waals surface area contributed by atoms with Gasteiger partial charge in [-0.1, -0.05) is 23.2 Å². The van der Waals surface area contributed by atoms with Gasteiger partial charge >= 0.3 is 0 Å². The summed E-state index contributed by atoms with van der Waals surface area (Å²) in [6.07, 6.45) is 0. The summed E-state index contributed by atoms with van der Waals surface area (Å²) in [6, 6.07) is 9.66. The standard InChI is InChI=1S/C13H10Cl2INO2S/c1-8-6-9(16)2-5-13(8)17-20(18,19)10-3-4-11(14)12(15)7-10/h2-7,17H,1H3. The van der Waals surface area contributed by atoms with Gasteiger partial charge in [-0.15, -0.1) is 0 Å². The van der Waals surface area contributed by atoms with E-state index in [0.29, 0.717) is 10.7 Å². The van der Waals surface area contributed by atoms with Crippen LogP contribution < -0.4 is 4.72 Å². The highest BCUT2D eigenvalue weighted by Crippen LogP contribution is 2.27. The van der Waals surface area contributed by atoms with Gasteiger partial charge in [-0.3, -0.25) is 4.72 Å². The van der Waals surface area contributed by atoms with E-state index in [1.54, 1.807) is 6.07 Å². The fourth-order valence-corrected chi connectivity index (χ4v) is 3.76. The molecule has 0 fully saturated rings. The summed E-state index contributed by atoms with van der Waals surface area (Å²) in [4.78, 5) is 0.0739. The maximum atomic E-state index is 12.3. The van der Waals surface area contributed by atoms with Crippen LogP contribution in [-0.2, 0) is 10.0 Å². The Labute approximate surface area is 141 Å². The smallest absolute Gasteiger partial charge is 0.261 e. The zero-order valence-electron chi connectivity index (χ0n) is 10.3. The van der Waals surface area contributed by atoms with Crippen molar-refractivity contribution in [3.05, 3.63) is 55.6 Å². The first-order chi connectivity index (χ1) is 9.29. The van der Waals surface area contributed by atoms with Gasteiger partial charge in [0.05, 0.1) is 20.6 Å². The maximum Gasteiger partial charge on any atom is 0.261 e. The van der Waals surface area contributed by atoms with E-state index >= 15 is 0 Å². The average Bonchev–Trinajstić information content (AvgIpc) is 2.36. The highest BCUT2D eigenvalue weighted by molar-refractivity contribution is 14.1. The quantitative estimate of drug-likeness (QED) is 0.701. The predicted octanol–water partition coefficient (Wildman–Crippen LogP) is 4.71. The van der Waals surface area contributed by atoms with E-state index in [1.807, 2.05) is 19.1 Å². The molecule has 2 aromatic rings. The third-order valence-electron chi connectivity index (χ3n) is 2.63. The minimum Gasteiger partial charge on any atom is -0.279 e. The first-order valence-electron chi connectivity index (χ1n) is 5.53. The molecule has 2 aromatic carbocycles. The summed E-state index contributed by atoms with van der Waals surface area (Å²) in [6.45, 7) is 1.84. The van der Waals surface area contributed by atoms with Gasteiger partial charge < -0.3 is 0 Å². The van der Waals surface area contributed by atoms with Crippen LogP contribution >= 0.6 is 45.8 Å². The SMILES string of the molecule is Cc1cc(I)ccc1NS(=O)(=O)c1ccc(Cl)c(Cl)c1. The van der Waals surface area contributed by atoms with Crippen molar-refractivity contribution in [3.63, 3.8) is 0 Å². The summed E-state index contributed by atoms with van der Waals surface area (Å²) in [5.41, 5.74) is 1.39. The highest BCUT2D eigenvalue weighted by Gasteiger charge is 2.16. The lowest BCUT2D eigenvalue weighted by Gasteiger charge is -2.11. The molecule has 0 spiro atoms. The first-order valence-corrected chi connectivity index (χ1v) is 8.85. The summed E-state index contributed by atoms with van der Waals surface area (Å²) >= 11 is 13.8. The molecule has 7 heteroatoms. The molecule has 0 saturated heterocycles. The molecule has 0 amide bonds. The van der Waals surface area contributed by atoms with Crippen molar-refractivity contribution >= 4 is 61.5 Å². The number of benzene rings is 2. The average molecular weight is 442 g/mol. The molecule has 0 radical (unpaired) electrons. The van der Waals surface area contributed by atoms with E-state index in [9.17, 15) is 8.42 Å². The lowest BCUT2D eigenvalue weighted by atomic mass is 10.2. The van der Waals surface area contributed by atoms with E-state index in [2.05, 4.69) is 27.3 Å². The van der Waals surface area contributed by atoms with Gasteiger partial charge in [0.25, 0.3) is 10.0 Å². The van der Waals surface area contributed by atoms with E-state index in [-0.39, 0.29) is 9.92 Å². The van der Waals surface area contributed by atoms with Crippen LogP contribution in [0.25, 0.3) is 0 Å². The Morgan fingerprint density at radius 2 is 1.75 bits per heavy atom. The van der Waals surface area contributed by atoms with Crippen molar-refractivity contribution in [1.29, 1.82) is 0 Å². The van der Waals surface area contributed by atoms with E-state index < -0.39 is 10.0 Å². The molecular weight excluding hydrogens is 432 g/mol. The van der Waals surface area contributed by atoms with E-state index in [4.69, 9.17) is 23.2 Å². The third kappa shape index (κ3) is 3.58. The van der Waals surface area contributed by atoms with Crippen LogP contribution in [0.1, 0.15) is 5.56 Å². The number of anilines is 1. The summed E-state index contributed by atoms with van der Waals surface area (Å²) in [5, 5.41) is 0.518. The Hall–Kier alpha value is -0.500. The van der Waals surface area contributed by atoms with Gasteiger partial charge in [0.2, 0.25) is 0 Å². The van der Waals surface area contributed by atoms with E-state index in [1.165, 1.54) is 18.2 Å². The molecule has 0 aliphatic carbocycles. The molecule has 1 N–H and O–H groups in total. The molecule has 3 nitrogen and oxygen atoms in total. The molecule has 0 aliphatic heterocycles. The Morgan fingerprint density at radius 1 is 1.05 bits per heavy atom. The molecule has 0 unspecified atom stereocenters. The Bertz CT molecular complexity index is 763. The Kier molecular flexibility index (Phi) is 4.84. The maximum absolute atomic E-state index is 12.3. The minimum absolute atomic E-state index is 0.0739. The number of aryl methyl sites for hydroxylation is 1. The summed E-state index contributed by atoms with van der Waals surface area (Å²) in [5.74, 6) is 0.